The largest absolute Gasteiger partial charge is 0.392 e. The van der Waals surface area contributed by atoms with Crippen LogP contribution in [0.25, 0.3) is 0 Å². The third-order valence-corrected chi connectivity index (χ3v) is 5.20. The van der Waals surface area contributed by atoms with E-state index in [2.05, 4.69) is 42.6 Å². The topological polar surface area (TPSA) is 52.6 Å². The zero-order chi connectivity index (χ0) is 15.5. The maximum atomic E-state index is 12.6. The quantitative estimate of drug-likeness (QED) is 0.894. The molecular formula is C18H26N2O2. The molecule has 0 aliphatic carbocycles. The van der Waals surface area contributed by atoms with Gasteiger partial charge in [-0.1, -0.05) is 43.7 Å². The first-order chi connectivity index (χ1) is 10.7. The van der Waals surface area contributed by atoms with E-state index in [1.807, 2.05) is 4.90 Å². The lowest BCUT2D eigenvalue weighted by Gasteiger charge is -2.39. The van der Waals surface area contributed by atoms with Gasteiger partial charge in [0.1, 0.15) is 0 Å². The van der Waals surface area contributed by atoms with E-state index in [9.17, 15) is 9.90 Å². The van der Waals surface area contributed by atoms with Crippen LogP contribution in [-0.4, -0.2) is 47.7 Å². The van der Waals surface area contributed by atoms with Crippen LogP contribution in [0.1, 0.15) is 37.7 Å². The summed E-state index contributed by atoms with van der Waals surface area (Å²) in [6.07, 6.45) is 2.29. The van der Waals surface area contributed by atoms with Crippen LogP contribution < -0.4 is 5.32 Å². The molecular weight excluding hydrogens is 276 g/mol. The standard InChI is InChI=1S/C18H26N2O2/c1-2-13-12-20(18(22)17-10-15(21)11-19-17)9-8-16(13)14-6-4-3-5-7-14/h3-7,13,15-17,19,21H,2,8-12H2,1H3. The molecule has 2 aliphatic heterocycles. The first kappa shape index (κ1) is 15.5. The number of hydrogen-bond donors (Lipinski definition) is 2. The second kappa shape index (κ2) is 6.80. The third kappa shape index (κ3) is 3.18. The van der Waals surface area contributed by atoms with Crippen molar-refractivity contribution >= 4 is 5.91 Å². The molecule has 0 saturated carbocycles. The van der Waals surface area contributed by atoms with Gasteiger partial charge in [-0.2, -0.15) is 0 Å². The summed E-state index contributed by atoms with van der Waals surface area (Å²) in [5.74, 6) is 1.24. The normalized spacial score (nSPS) is 32.2. The lowest BCUT2D eigenvalue weighted by molar-refractivity contribution is -0.135. The van der Waals surface area contributed by atoms with Crippen LogP contribution in [0, 0.1) is 5.92 Å². The van der Waals surface area contributed by atoms with Crippen molar-refractivity contribution in [3.63, 3.8) is 0 Å². The molecule has 22 heavy (non-hydrogen) atoms. The second-order valence-electron chi connectivity index (χ2n) is 6.61. The van der Waals surface area contributed by atoms with E-state index in [0.29, 0.717) is 24.8 Å². The molecule has 4 unspecified atom stereocenters. The Kier molecular flexibility index (Phi) is 4.79. The summed E-state index contributed by atoms with van der Waals surface area (Å²) in [5, 5.41) is 12.7. The summed E-state index contributed by atoms with van der Waals surface area (Å²) in [7, 11) is 0. The van der Waals surface area contributed by atoms with E-state index >= 15 is 0 Å². The molecule has 120 valence electrons. The molecule has 1 amide bonds. The van der Waals surface area contributed by atoms with Crippen molar-refractivity contribution in [2.24, 2.45) is 5.92 Å². The molecule has 1 aromatic rings. The van der Waals surface area contributed by atoms with Crippen LogP contribution in [0.3, 0.4) is 0 Å². The average Bonchev–Trinajstić information content (AvgIpc) is 3.01. The Morgan fingerprint density at radius 2 is 2.14 bits per heavy atom. The number of benzene rings is 1. The molecule has 0 radical (unpaired) electrons. The predicted molar refractivity (Wildman–Crippen MR) is 86.6 cm³/mol. The van der Waals surface area contributed by atoms with Gasteiger partial charge in [-0.15, -0.1) is 0 Å². The van der Waals surface area contributed by atoms with Crippen molar-refractivity contribution in [3.05, 3.63) is 35.9 Å². The number of nitrogens with one attached hydrogen (secondary N) is 1. The highest BCUT2D eigenvalue weighted by molar-refractivity contribution is 5.82. The van der Waals surface area contributed by atoms with Crippen LogP contribution in [-0.2, 0) is 4.79 Å². The van der Waals surface area contributed by atoms with E-state index in [1.54, 1.807) is 0 Å². The fourth-order valence-corrected chi connectivity index (χ4v) is 3.91. The Morgan fingerprint density at radius 1 is 1.36 bits per heavy atom. The number of carbonyl (C=O) groups is 1. The fourth-order valence-electron chi connectivity index (χ4n) is 3.91. The van der Waals surface area contributed by atoms with Crippen molar-refractivity contribution in [1.29, 1.82) is 0 Å². The summed E-state index contributed by atoms with van der Waals surface area (Å²) in [4.78, 5) is 14.6. The Labute approximate surface area is 132 Å². The van der Waals surface area contributed by atoms with Gasteiger partial charge in [0.2, 0.25) is 5.91 Å². The summed E-state index contributed by atoms with van der Waals surface area (Å²) >= 11 is 0. The highest BCUT2D eigenvalue weighted by atomic mass is 16.3. The minimum Gasteiger partial charge on any atom is -0.392 e. The maximum absolute atomic E-state index is 12.6. The Balaban J connectivity index is 1.66. The van der Waals surface area contributed by atoms with Crippen molar-refractivity contribution in [3.8, 4) is 0 Å². The zero-order valence-corrected chi connectivity index (χ0v) is 13.2. The highest BCUT2D eigenvalue weighted by Gasteiger charge is 2.36. The van der Waals surface area contributed by atoms with Crippen molar-refractivity contribution in [1.82, 2.24) is 10.2 Å². The number of piperidine rings is 1. The van der Waals surface area contributed by atoms with Gasteiger partial charge in [-0.05, 0) is 30.2 Å². The number of carbonyl (C=O) groups excluding carboxylic acids is 1. The Morgan fingerprint density at radius 3 is 2.77 bits per heavy atom. The molecule has 0 spiro atoms. The van der Waals surface area contributed by atoms with Crippen LogP contribution >= 0.6 is 0 Å². The number of aliphatic hydroxyl groups is 1. The average molecular weight is 302 g/mol. The predicted octanol–water partition coefficient (Wildman–Crippen LogP) is 1.75. The SMILES string of the molecule is CCC1CN(C(=O)C2CC(O)CN2)CCC1c1ccccc1. The number of rotatable bonds is 3. The number of β-amino-alcohol motifs (C(OH)–C–C–N with tert-alkyl or cyclic N) is 1. The van der Waals surface area contributed by atoms with Gasteiger partial charge in [0.05, 0.1) is 12.1 Å². The lowest BCUT2D eigenvalue weighted by atomic mass is 9.79. The fraction of sp³-hybridized carbons (Fsp3) is 0.611. The van der Waals surface area contributed by atoms with E-state index in [4.69, 9.17) is 0 Å². The monoisotopic (exact) mass is 302 g/mol. The van der Waals surface area contributed by atoms with Gasteiger partial charge >= 0.3 is 0 Å². The maximum Gasteiger partial charge on any atom is 0.239 e. The second-order valence-corrected chi connectivity index (χ2v) is 6.61. The minimum absolute atomic E-state index is 0.168. The summed E-state index contributed by atoms with van der Waals surface area (Å²) < 4.78 is 0. The van der Waals surface area contributed by atoms with Gasteiger partial charge < -0.3 is 15.3 Å². The van der Waals surface area contributed by atoms with Crippen LogP contribution in [0.4, 0.5) is 0 Å². The minimum atomic E-state index is -0.377. The van der Waals surface area contributed by atoms with E-state index in [1.165, 1.54) is 5.56 Å². The number of likely N-dealkylation sites (tertiary alicyclic amines) is 1. The molecule has 1 aromatic carbocycles. The van der Waals surface area contributed by atoms with Gasteiger partial charge in [0.25, 0.3) is 0 Å². The summed E-state index contributed by atoms with van der Waals surface area (Å²) in [5.41, 5.74) is 1.40. The summed E-state index contributed by atoms with van der Waals surface area (Å²) in [6, 6.07) is 10.5. The molecule has 4 nitrogen and oxygen atoms in total. The molecule has 4 heteroatoms. The van der Waals surface area contributed by atoms with Gasteiger partial charge in [0.15, 0.2) is 0 Å². The van der Waals surface area contributed by atoms with E-state index in [0.717, 1.165) is 25.9 Å². The number of amides is 1. The zero-order valence-electron chi connectivity index (χ0n) is 13.2. The molecule has 2 heterocycles. The van der Waals surface area contributed by atoms with Crippen LogP contribution in [0.15, 0.2) is 30.3 Å². The summed E-state index contributed by atoms with van der Waals surface area (Å²) in [6.45, 7) is 4.41. The van der Waals surface area contributed by atoms with Crippen molar-refractivity contribution in [2.75, 3.05) is 19.6 Å². The molecule has 0 aromatic heterocycles. The number of hydrogen-bond acceptors (Lipinski definition) is 3. The number of nitrogens with zero attached hydrogens (tertiary/aromatic N) is 1. The van der Waals surface area contributed by atoms with Gasteiger partial charge in [-0.3, -0.25) is 4.79 Å². The number of aliphatic hydroxyl groups excluding tert-OH is 1. The third-order valence-electron chi connectivity index (χ3n) is 5.20. The molecule has 0 bridgehead atoms. The van der Waals surface area contributed by atoms with Gasteiger partial charge in [0, 0.05) is 19.6 Å². The molecule has 2 aliphatic rings. The lowest BCUT2D eigenvalue weighted by Crippen LogP contribution is -2.49. The van der Waals surface area contributed by atoms with E-state index in [-0.39, 0.29) is 18.1 Å². The highest BCUT2D eigenvalue weighted by Crippen LogP contribution is 2.35. The molecule has 2 fully saturated rings. The van der Waals surface area contributed by atoms with Crippen molar-refractivity contribution in [2.45, 2.75) is 44.2 Å². The molecule has 4 atom stereocenters. The van der Waals surface area contributed by atoms with E-state index < -0.39 is 0 Å². The smallest absolute Gasteiger partial charge is 0.239 e. The molecule has 2 saturated heterocycles. The van der Waals surface area contributed by atoms with Crippen LogP contribution in [0.2, 0.25) is 0 Å². The molecule has 2 N–H and O–H groups in total. The Bertz CT molecular complexity index is 505. The first-order valence-electron chi connectivity index (χ1n) is 8.44. The van der Waals surface area contributed by atoms with Gasteiger partial charge in [-0.25, -0.2) is 0 Å². The van der Waals surface area contributed by atoms with Crippen molar-refractivity contribution < 1.29 is 9.90 Å². The van der Waals surface area contributed by atoms with Crippen LogP contribution in [0.5, 0.6) is 0 Å². The Hall–Kier alpha value is -1.39. The molecule has 3 rings (SSSR count). The first-order valence-corrected chi connectivity index (χ1v) is 8.44.